The van der Waals surface area contributed by atoms with Gasteiger partial charge in [-0.05, 0) is 6.54 Å². The molecule has 62 valence electrons. The van der Waals surface area contributed by atoms with Crippen molar-refractivity contribution in [3.63, 3.8) is 0 Å². The summed E-state index contributed by atoms with van der Waals surface area (Å²) in [4.78, 5) is 2.24. The summed E-state index contributed by atoms with van der Waals surface area (Å²) in [6.07, 6.45) is 1.19. The number of nitriles is 1. The van der Waals surface area contributed by atoms with Crippen molar-refractivity contribution >= 4 is 0 Å². The average molecular weight is 154 g/mol. The van der Waals surface area contributed by atoms with Crippen molar-refractivity contribution in [1.29, 1.82) is 5.26 Å². The van der Waals surface area contributed by atoms with Crippen molar-refractivity contribution in [1.82, 2.24) is 4.90 Å². The van der Waals surface area contributed by atoms with Crippen LogP contribution in [0.3, 0.4) is 0 Å². The number of piperidine rings is 1. The van der Waals surface area contributed by atoms with Crippen molar-refractivity contribution < 1.29 is 5.11 Å². The molecule has 1 fully saturated rings. The summed E-state index contributed by atoms with van der Waals surface area (Å²) >= 11 is 0. The molecule has 0 spiro atoms. The standard InChI is InChI=1S/C8H14N2O/c1-2-10-5-3-8(11,7-9)4-6-10/h11H,2-6H2,1H3. The predicted octanol–water partition coefficient (Wildman–Crippen LogP) is 0.357. The monoisotopic (exact) mass is 154 g/mol. The van der Waals surface area contributed by atoms with Crippen LogP contribution in [0.1, 0.15) is 19.8 Å². The maximum Gasteiger partial charge on any atom is 0.153 e. The van der Waals surface area contributed by atoms with Gasteiger partial charge in [0.2, 0.25) is 0 Å². The van der Waals surface area contributed by atoms with Gasteiger partial charge in [-0.2, -0.15) is 5.26 Å². The third kappa shape index (κ3) is 1.92. The summed E-state index contributed by atoms with van der Waals surface area (Å²) in [6.45, 7) is 4.80. The first kappa shape index (κ1) is 8.51. The Morgan fingerprint density at radius 3 is 2.45 bits per heavy atom. The molecule has 1 saturated heterocycles. The van der Waals surface area contributed by atoms with Gasteiger partial charge in [0.15, 0.2) is 5.60 Å². The lowest BCUT2D eigenvalue weighted by molar-refractivity contribution is 0.0271. The van der Waals surface area contributed by atoms with Gasteiger partial charge in [-0.1, -0.05) is 6.92 Å². The maximum absolute atomic E-state index is 9.51. The largest absolute Gasteiger partial charge is 0.375 e. The molecule has 0 radical (unpaired) electrons. The molecule has 3 heteroatoms. The molecule has 0 unspecified atom stereocenters. The molecular formula is C8H14N2O. The summed E-state index contributed by atoms with van der Waals surface area (Å²) < 4.78 is 0. The molecule has 0 aliphatic carbocycles. The fourth-order valence-electron chi connectivity index (χ4n) is 1.35. The molecule has 0 saturated carbocycles. The molecule has 11 heavy (non-hydrogen) atoms. The maximum atomic E-state index is 9.51. The van der Waals surface area contributed by atoms with Crippen LogP contribution in [0.2, 0.25) is 0 Å². The highest BCUT2D eigenvalue weighted by atomic mass is 16.3. The van der Waals surface area contributed by atoms with Gasteiger partial charge in [0.1, 0.15) is 0 Å². The molecule has 1 heterocycles. The lowest BCUT2D eigenvalue weighted by Gasteiger charge is -2.32. The van der Waals surface area contributed by atoms with E-state index in [1.165, 1.54) is 0 Å². The van der Waals surface area contributed by atoms with E-state index in [2.05, 4.69) is 11.8 Å². The van der Waals surface area contributed by atoms with Crippen molar-refractivity contribution in [3.8, 4) is 6.07 Å². The number of rotatable bonds is 1. The second-order valence-corrected chi connectivity index (χ2v) is 3.08. The zero-order valence-corrected chi connectivity index (χ0v) is 6.88. The number of hydrogen-bond acceptors (Lipinski definition) is 3. The Kier molecular flexibility index (Phi) is 2.48. The van der Waals surface area contributed by atoms with Gasteiger partial charge in [-0.15, -0.1) is 0 Å². The van der Waals surface area contributed by atoms with Gasteiger partial charge in [-0.3, -0.25) is 0 Å². The Labute approximate surface area is 67.2 Å². The Balaban J connectivity index is 2.43. The minimum absolute atomic E-state index is 0.595. The van der Waals surface area contributed by atoms with Crippen LogP contribution in [-0.4, -0.2) is 35.2 Å². The van der Waals surface area contributed by atoms with Crippen LogP contribution in [0.25, 0.3) is 0 Å². The molecule has 1 aliphatic rings. The summed E-state index contributed by atoms with van der Waals surface area (Å²) in [5.74, 6) is 0. The molecule has 0 atom stereocenters. The summed E-state index contributed by atoms with van der Waals surface area (Å²) in [5, 5.41) is 18.1. The fraction of sp³-hybridized carbons (Fsp3) is 0.875. The lowest BCUT2D eigenvalue weighted by Crippen LogP contribution is -2.43. The minimum atomic E-state index is -1.04. The van der Waals surface area contributed by atoms with Crippen LogP contribution in [0.5, 0.6) is 0 Å². The van der Waals surface area contributed by atoms with Crippen LogP contribution in [-0.2, 0) is 0 Å². The third-order valence-corrected chi connectivity index (χ3v) is 2.34. The highest BCUT2D eigenvalue weighted by Crippen LogP contribution is 2.20. The first-order valence-corrected chi connectivity index (χ1v) is 4.06. The first-order chi connectivity index (χ1) is 5.20. The van der Waals surface area contributed by atoms with Gasteiger partial charge in [-0.25, -0.2) is 0 Å². The van der Waals surface area contributed by atoms with Crippen molar-refractivity contribution in [2.24, 2.45) is 0 Å². The van der Waals surface area contributed by atoms with E-state index < -0.39 is 5.60 Å². The second-order valence-electron chi connectivity index (χ2n) is 3.08. The normalized spacial score (nSPS) is 24.5. The van der Waals surface area contributed by atoms with E-state index in [-0.39, 0.29) is 0 Å². The highest BCUT2D eigenvalue weighted by molar-refractivity contribution is 5.02. The van der Waals surface area contributed by atoms with E-state index in [1.54, 1.807) is 0 Å². The Morgan fingerprint density at radius 1 is 1.55 bits per heavy atom. The second kappa shape index (κ2) is 3.21. The van der Waals surface area contributed by atoms with Crippen molar-refractivity contribution in [3.05, 3.63) is 0 Å². The van der Waals surface area contributed by atoms with Crippen LogP contribution in [0.4, 0.5) is 0 Å². The zero-order valence-electron chi connectivity index (χ0n) is 6.88. The Bertz CT molecular complexity index is 165. The van der Waals surface area contributed by atoms with E-state index in [9.17, 15) is 5.11 Å². The molecule has 0 aromatic heterocycles. The average Bonchev–Trinajstić information content (AvgIpc) is 2.06. The molecule has 1 N–H and O–H groups in total. The number of nitrogens with zero attached hydrogens (tertiary/aromatic N) is 2. The zero-order chi connectivity index (χ0) is 8.32. The molecule has 0 aromatic carbocycles. The molecule has 0 amide bonds. The number of aliphatic hydroxyl groups is 1. The molecule has 3 nitrogen and oxygen atoms in total. The number of hydrogen-bond donors (Lipinski definition) is 1. The van der Waals surface area contributed by atoms with Gasteiger partial charge in [0, 0.05) is 25.9 Å². The van der Waals surface area contributed by atoms with Gasteiger partial charge in [0.25, 0.3) is 0 Å². The molecule has 1 rings (SSSR count). The molecular weight excluding hydrogens is 140 g/mol. The van der Waals surface area contributed by atoms with Gasteiger partial charge in [0.05, 0.1) is 6.07 Å². The third-order valence-electron chi connectivity index (χ3n) is 2.34. The van der Waals surface area contributed by atoms with Crippen LogP contribution >= 0.6 is 0 Å². The summed E-state index contributed by atoms with van der Waals surface area (Å²) in [6, 6.07) is 1.95. The Hall–Kier alpha value is -0.590. The van der Waals surface area contributed by atoms with Crippen LogP contribution < -0.4 is 0 Å². The molecule has 1 aliphatic heterocycles. The van der Waals surface area contributed by atoms with E-state index >= 15 is 0 Å². The van der Waals surface area contributed by atoms with E-state index in [1.807, 2.05) is 6.07 Å². The van der Waals surface area contributed by atoms with Gasteiger partial charge < -0.3 is 10.0 Å². The smallest absolute Gasteiger partial charge is 0.153 e. The molecule has 0 bridgehead atoms. The van der Waals surface area contributed by atoms with E-state index in [0.717, 1.165) is 19.6 Å². The lowest BCUT2D eigenvalue weighted by atomic mass is 9.93. The highest BCUT2D eigenvalue weighted by Gasteiger charge is 2.31. The Morgan fingerprint density at radius 2 is 2.09 bits per heavy atom. The predicted molar refractivity (Wildman–Crippen MR) is 41.9 cm³/mol. The van der Waals surface area contributed by atoms with Gasteiger partial charge >= 0.3 is 0 Å². The van der Waals surface area contributed by atoms with Crippen molar-refractivity contribution in [2.45, 2.75) is 25.4 Å². The summed E-state index contributed by atoms with van der Waals surface area (Å²) in [5.41, 5.74) is -1.04. The first-order valence-electron chi connectivity index (χ1n) is 4.06. The quantitative estimate of drug-likeness (QED) is 0.555. The molecule has 0 aromatic rings. The van der Waals surface area contributed by atoms with Crippen LogP contribution in [0, 0.1) is 11.3 Å². The van der Waals surface area contributed by atoms with Crippen LogP contribution in [0.15, 0.2) is 0 Å². The fourth-order valence-corrected chi connectivity index (χ4v) is 1.35. The topological polar surface area (TPSA) is 47.3 Å². The van der Waals surface area contributed by atoms with E-state index in [0.29, 0.717) is 12.8 Å². The van der Waals surface area contributed by atoms with Crippen molar-refractivity contribution in [2.75, 3.05) is 19.6 Å². The number of likely N-dealkylation sites (tertiary alicyclic amines) is 1. The van der Waals surface area contributed by atoms with E-state index in [4.69, 9.17) is 5.26 Å². The summed E-state index contributed by atoms with van der Waals surface area (Å²) in [7, 11) is 0. The SMILES string of the molecule is CCN1CCC(O)(C#N)CC1. The minimum Gasteiger partial charge on any atom is -0.375 e.